The van der Waals surface area contributed by atoms with Gasteiger partial charge in [0.15, 0.2) is 0 Å². The van der Waals surface area contributed by atoms with Crippen molar-refractivity contribution >= 4 is 17.8 Å². The normalized spacial score (nSPS) is 13.8. The van der Waals surface area contributed by atoms with Crippen LogP contribution in [0.1, 0.15) is 47.0 Å². The van der Waals surface area contributed by atoms with Gasteiger partial charge in [0.1, 0.15) is 6.04 Å². The average Bonchev–Trinajstić information content (AvgIpc) is 2.46. The first kappa shape index (κ1) is 22.2. The van der Waals surface area contributed by atoms with Gasteiger partial charge in [-0.15, -0.1) is 0 Å². The zero-order valence-electron chi connectivity index (χ0n) is 15.6. The standard InChI is InChI=1S/C16H32N4O4/c1-7-8-9-11(10-20(24)15(17)23)13(21)18-12(16(2,3)4)14(22)19(5)6/h11-12,24H,7-10H2,1-6H3,(H2,17,23)(H,18,21)/t11?,12-/m1/s1. The van der Waals surface area contributed by atoms with Gasteiger partial charge in [0.2, 0.25) is 11.8 Å². The molecule has 0 aliphatic carbocycles. The SMILES string of the molecule is CCCCC(CN(O)C(N)=O)C(=O)N[C@H](C(=O)N(C)C)C(C)(C)C. The minimum atomic E-state index is -1.01. The summed E-state index contributed by atoms with van der Waals surface area (Å²) in [5.74, 6) is -1.22. The van der Waals surface area contributed by atoms with Crippen molar-refractivity contribution in [3.05, 3.63) is 0 Å². The minimum Gasteiger partial charge on any atom is -0.350 e. The molecule has 2 atom stereocenters. The highest BCUT2D eigenvalue weighted by molar-refractivity contribution is 5.89. The Labute approximate surface area is 144 Å². The first-order valence-electron chi connectivity index (χ1n) is 8.19. The number of urea groups is 1. The van der Waals surface area contributed by atoms with Crippen LogP contribution in [0.25, 0.3) is 0 Å². The van der Waals surface area contributed by atoms with Gasteiger partial charge in [0, 0.05) is 14.1 Å². The van der Waals surface area contributed by atoms with Gasteiger partial charge in [-0.3, -0.25) is 14.8 Å². The second kappa shape index (κ2) is 9.46. The van der Waals surface area contributed by atoms with E-state index in [-0.39, 0.29) is 18.4 Å². The zero-order valence-corrected chi connectivity index (χ0v) is 15.6. The molecule has 1 unspecified atom stereocenters. The molecule has 0 bridgehead atoms. The van der Waals surface area contributed by atoms with E-state index in [2.05, 4.69) is 5.32 Å². The number of nitrogens with zero attached hydrogens (tertiary/aromatic N) is 2. The van der Waals surface area contributed by atoms with Crippen LogP contribution in [0.4, 0.5) is 4.79 Å². The third kappa shape index (κ3) is 7.16. The van der Waals surface area contributed by atoms with Crippen LogP contribution in [0.2, 0.25) is 0 Å². The van der Waals surface area contributed by atoms with Gasteiger partial charge in [-0.25, -0.2) is 9.86 Å². The molecule has 0 fully saturated rings. The highest BCUT2D eigenvalue weighted by atomic mass is 16.5. The summed E-state index contributed by atoms with van der Waals surface area (Å²) in [6.45, 7) is 7.37. The van der Waals surface area contributed by atoms with Crippen molar-refractivity contribution in [2.24, 2.45) is 17.1 Å². The molecule has 8 heteroatoms. The largest absolute Gasteiger partial charge is 0.350 e. The molecule has 0 saturated carbocycles. The van der Waals surface area contributed by atoms with E-state index in [0.29, 0.717) is 11.5 Å². The highest BCUT2D eigenvalue weighted by Crippen LogP contribution is 2.22. The van der Waals surface area contributed by atoms with Crippen LogP contribution in [-0.2, 0) is 9.59 Å². The number of hydroxylamine groups is 2. The van der Waals surface area contributed by atoms with Crippen LogP contribution >= 0.6 is 0 Å². The molecule has 8 nitrogen and oxygen atoms in total. The number of carbonyl (C=O) groups excluding carboxylic acids is 3. The summed E-state index contributed by atoms with van der Waals surface area (Å²) in [6.07, 6.45) is 2.11. The van der Waals surface area contributed by atoms with Gasteiger partial charge in [0.25, 0.3) is 0 Å². The van der Waals surface area contributed by atoms with E-state index in [4.69, 9.17) is 5.73 Å². The summed E-state index contributed by atoms with van der Waals surface area (Å²) in [7, 11) is 3.26. The Morgan fingerprint density at radius 3 is 2.12 bits per heavy atom. The number of unbranched alkanes of at least 4 members (excludes halogenated alkanes) is 1. The molecule has 4 N–H and O–H groups in total. The Kier molecular flexibility index (Phi) is 8.74. The zero-order chi connectivity index (χ0) is 19.1. The first-order chi connectivity index (χ1) is 10.9. The number of hydrogen-bond acceptors (Lipinski definition) is 4. The van der Waals surface area contributed by atoms with Crippen molar-refractivity contribution in [1.82, 2.24) is 15.3 Å². The molecule has 0 aromatic carbocycles. The molecule has 0 aromatic heterocycles. The summed E-state index contributed by atoms with van der Waals surface area (Å²) in [6, 6.07) is -1.72. The van der Waals surface area contributed by atoms with E-state index in [1.807, 2.05) is 27.7 Å². The van der Waals surface area contributed by atoms with Crippen LogP contribution in [0.5, 0.6) is 0 Å². The fourth-order valence-electron chi connectivity index (χ4n) is 2.22. The van der Waals surface area contributed by atoms with Crippen molar-refractivity contribution < 1.29 is 19.6 Å². The summed E-state index contributed by atoms with van der Waals surface area (Å²) >= 11 is 0. The van der Waals surface area contributed by atoms with Crippen LogP contribution in [0, 0.1) is 11.3 Å². The van der Waals surface area contributed by atoms with E-state index in [0.717, 1.165) is 12.8 Å². The Morgan fingerprint density at radius 2 is 1.75 bits per heavy atom. The van der Waals surface area contributed by atoms with Crippen LogP contribution in [0.15, 0.2) is 0 Å². The lowest BCUT2D eigenvalue weighted by Crippen LogP contribution is -2.55. The smallest absolute Gasteiger partial charge is 0.338 e. The van der Waals surface area contributed by atoms with Crippen molar-refractivity contribution in [3.8, 4) is 0 Å². The Hall–Kier alpha value is -1.83. The lowest BCUT2D eigenvalue weighted by Gasteiger charge is -2.33. The number of rotatable bonds is 8. The second-order valence-electron chi connectivity index (χ2n) is 7.30. The van der Waals surface area contributed by atoms with Crippen LogP contribution < -0.4 is 11.1 Å². The van der Waals surface area contributed by atoms with Crippen molar-refractivity contribution in [2.45, 2.75) is 53.0 Å². The van der Waals surface area contributed by atoms with E-state index < -0.39 is 23.4 Å². The summed E-state index contributed by atoms with van der Waals surface area (Å²) in [4.78, 5) is 37.4. The molecule has 4 amide bonds. The Morgan fingerprint density at radius 1 is 1.21 bits per heavy atom. The number of nitrogens with one attached hydrogen (secondary N) is 1. The van der Waals surface area contributed by atoms with Gasteiger partial charge in [-0.1, -0.05) is 40.5 Å². The monoisotopic (exact) mass is 344 g/mol. The van der Waals surface area contributed by atoms with E-state index >= 15 is 0 Å². The fourth-order valence-corrected chi connectivity index (χ4v) is 2.22. The molecule has 0 radical (unpaired) electrons. The first-order valence-corrected chi connectivity index (χ1v) is 8.19. The third-order valence-corrected chi connectivity index (χ3v) is 3.76. The fraction of sp³-hybridized carbons (Fsp3) is 0.812. The number of nitrogens with two attached hydrogens (primary N) is 1. The van der Waals surface area contributed by atoms with Gasteiger partial charge >= 0.3 is 6.03 Å². The van der Waals surface area contributed by atoms with Gasteiger partial charge < -0.3 is 16.0 Å². The summed E-state index contributed by atoms with van der Waals surface area (Å²) in [5, 5.41) is 12.6. The summed E-state index contributed by atoms with van der Waals surface area (Å²) in [5.41, 5.74) is 4.54. The van der Waals surface area contributed by atoms with Crippen LogP contribution in [-0.4, -0.2) is 59.7 Å². The maximum Gasteiger partial charge on any atom is 0.338 e. The quantitative estimate of drug-likeness (QED) is 0.453. The second-order valence-corrected chi connectivity index (χ2v) is 7.30. The molecule has 0 aliphatic heterocycles. The Balaban J connectivity index is 5.22. The number of likely N-dealkylation sites (N-methyl/N-ethyl adjacent to an activating group) is 1. The molecule has 0 saturated heterocycles. The average molecular weight is 344 g/mol. The molecule has 140 valence electrons. The van der Waals surface area contributed by atoms with Crippen LogP contribution in [0.3, 0.4) is 0 Å². The number of primary amides is 1. The predicted octanol–water partition coefficient (Wildman–Crippen LogP) is 1.18. The molecule has 0 aromatic rings. The molecule has 0 heterocycles. The minimum absolute atomic E-state index is 0.200. The molecule has 24 heavy (non-hydrogen) atoms. The number of carbonyl (C=O) groups is 3. The van der Waals surface area contributed by atoms with Crippen molar-refractivity contribution in [1.29, 1.82) is 0 Å². The van der Waals surface area contributed by atoms with Gasteiger partial charge in [-0.2, -0.15) is 0 Å². The number of amides is 4. The van der Waals surface area contributed by atoms with E-state index in [1.54, 1.807) is 14.1 Å². The lowest BCUT2D eigenvalue weighted by molar-refractivity contribution is -0.140. The van der Waals surface area contributed by atoms with Crippen molar-refractivity contribution in [2.75, 3.05) is 20.6 Å². The topological polar surface area (TPSA) is 116 Å². The highest BCUT2D eigenvalue weighted by Gasteiger charge is 2.35. The Bertz CT molecular complexity index is 446. The molecular formula is C16H32N4O4. The lowest BCUT2D eigenvalue weighted by atomic mass is 9.85. The van der Waals surface area contributed by atoms with E-state index in [1.165, 1.54) is 4.90 Å². The molecular weight excluding hydrogens is 312 g/mol. The summed E-state index contributed by atoms with van der Waals surface area (Å²) < 4.78 is 0. The molecule has 0 rings (SSSR count). The third-order valence-electron chi connectivity index (χ3n) is 3.76. The number of hydrogen-bond donors (Lipinski definition) is 3. The van der Waals surface area contributed by atoms with Gasteiger partial charge in [-0.05, 0) is 11.8 Å². The predicted molar refractivity (Wildman–Crippen MR) is 91.2 cm³/mol. The van der Waals surface area contributed by atoms with Gasteiger partial charge in [0.05, 0.1) is 12.5 Å². The van der Waals surface area contributed by atoms with E-state index in [9.17, 15) is 19.6 Å². The molecule has 0 aliphatic rings. The molecule has 0 spiro atoms. The van der Waals surface area contributed by atoms with Crippen molar-refractivity contribution in [3.63, 3.8) is 0 Å². The maximum absolute atomic E-state index is 12.6. The maximum atomic E-state index is 12.6.